The average molecular weight is 499 g/mol. The van der Waals surface area contributed by atoms with Crippen molar-refractivity contribution in [2.24, 2.45) is 0 Å². The molecule has 182 valence electrons. The first-order chi connectivity index (χ1) is 17.4. The minimum atomic E-state index is -0.348. The molecule has 1 atom stereocenters. The first-order valence-corrected chi connectivity index (χ1v) is 12.3. The van der Waals surface area contributed by atoms with Crippen LogP contribution in [0.1, 0.15) is 41.1 Å². The Morgan fingerprint density at radius 1 is 0.972 bits per heavy atom. The lowest BCUT2D eigenvalue weighted by atomic mass is 9.92. The van der Waals surface area contributed by atoms with E-state index in [0.29, 0.717) is 28.9 Å². The molecule has 0 amide bonds. The molecule has 5 rings (SSSR count). The van der Waals surface area contributed by atoms with Gasteiger partial charge in [-0.15, -0.1) is 0 Å². The summed E-state index contributed by atoms with van der Waals surface area (Å²) < 4.78 is 19.6. The number of aromatic nitrogens is 2. The van der Waals surface area contributed by atoms with E-state index >= 15 is 0 Å². The Bertz CT molecular complexity index is 1450. The maximum absolute atomic E-state index is 13.8. The van der Waals surface area contributed by atoms with Crippen LogP contribution in [0.5, 0.6) is 0 Å². The number of nitrogens with zero attached hydrogens (tertiary/aromatic N) is 3. The number of benzene rings is 3. The molecule has 0 spiro atoms. The summed E-state index contributed by atoms with van der Waals surface area (Å²) in [6, 6.07) is 22.6. The Labute approximate surface area is 215 Å². The van der Waals surface area contributed by atoms with E-state index in [-0.39, 0.29) is 11.9 Å². The third-order valence-corrected chi connectivity index (χ3v) is 7.01. The second-order valence-electron chi connectivity index (χ2n) is 9.05. The van der Waals surface area contributed by atoms with E-state index < -0.39 is 0 Å². The molecule has 1 unspecified atom stereocenters. The summed E-state index contributed by atoms with van der Waals surface area (Å²) in [7, 11) is 0. The van der Waals surface area contributed by atoms with E-state index in [4.69, 9.17) is 16.7 Å². The third kappa shape index (κ3) is 4.79. The van der Waals surface area contributed by atoms with E-state index in [2.05, 4.69) is 64.5 Å². The monoisotopic (exact) mass is 498 g/mol. The van der Waals surface area contributed by atoms with Gasteiger partial charge in [0.25, 0.3) is 5.89 Å². The molecule has 0 bridgehead atoms. The highest BCUT2D eigenvalue weighted by atomic mass is 32.1. The fraction of sp³-hybridized carbons (Fsp3) is 0.207. The van der Waals surface area contributed by atoms with Gasteiger partial charge in [-0.1, -0.05) is 65.8 Å². The zero-order valence-corrected chi connectivity index (χ0v) is 21.3. The van der Waals surface area contributed by atoms with Crippen molar-refractivity contribution in [3.05, 3.63) is 112 Å². The third-order valence-electron chi connectivity index (χ3n) is 6.67. The number of nitrogens with one attached hydrogen (secondary N) is 1. The topological polar surface area (TPSA) is 54.2 Å². The van der Waals surface area contributed by atoms with Gasteiger partial charge in [0.2, 0.25) is 5.82 Å². The summed E-state index contributed by atoms with van der Waals surface area (Å²) >= 11 is 5.83. The molecule has 0 aliphatic carbocycles. The highest BCUT2D eigenvalue weighted by Gasteiger charge is 2.34. The fourth-order valence-corrected chi connectivity index (χ4v) is 4.83. The van der Waals surface area contributed by atoms with E-state index in [1.54, 1.807) is 12.1 Å². The van der Waals surface area contributed by atoms with Crippen molar-refractivity contribution in [2.75, 3.05) is 6.54 Å². The Morgan fingerprint density at radius 3 is 2.53 bits per heavy atom. The van der Waals surface area contributed by atoms with Crippen molar-refractivity contribution in [3.8, 4) is 11.4 Å². The first-order valence-electron chi connectivity index (χ1n) is 11.9. The van der Waals surface area contributed by atoms with Gasteiger partial charge in [-0.05, 0) is 73.8 Å². The van der Waals surface area contributed by atoms with Gasteiger partial charge < -0.3 is 14.7 Å². The largest absolute Gasteiger partial charge is 0.351 e. The smallest absolute Gasteiger partial charge is 0.258 e. The van der Waals surface area contributed by atoms with Gasteiger partial charge in [-0.25, -0.2) is 4.39 Å². The van der Waals surface area contributed by atoms with Crippen molar-refractivity contribution < 1.29 is 8.91 Å². The van der Waals surface area contributed by atoms with Crippen molar-refractivity contribution in [1.29, 1.82) is 0 Å². The first kappa shape index (κ1) is 23.9. The van der Waals surface area contributed by atoms with E-state index in [1.807, 2.05) is 25.1 Å². The SMILES string of the molecule is CC1=C(c2nc(-c3cccc(F)c3)no2)C(c2ccc(C)c(C)c2)NC(=S)N1CCc1ccccc1. The number of thiocarbonyl (C=S) groups is 1. The van der Waals surface area contributed by atoms with Crippen LogP contribution in [0.25, 0.3) is 17.0 Å². The maximum Gasteiger partial charge on any atom is 0.258 e. The predicted octanol–water partition coefficient (Wildman–Crippen LogP) is 6.40. The number of rotatable bonds is 6. The van der Waals surface area contributed by atoms with Gasteiger partial charge in [0.1, 0.15) is 5.82 Å². The van der Waals surface area contributed by atoms with Crippen LogP contribution in [0, 0.1) is 19.7 Å². The van der Waals surface area contributed by atoms with Crippen LogP contribution in [0.2, 0.25) is 0 Å². The lowest BCUT2D eigenvalue weighted by Gasteiger charge is -2.37. The molecule has 3 aromatic carbocycles. The molecular weight excluding hydrogens is 471 g/mol. The normalized spacial score (nSPS) is 15.8. The van der Waals surface area contributed by atoms with E-state index in [0.717, 1.165) is 23.3 Å². The molecule has 1 aliphatic rings. The average Bonchev–Trinajstić information content (AvgIpc) is 3.36. The quantitative estimate of drug-likeness (QED) is 0.311. The lowest BCUT2D eigenvalue weighted by Crippen LogP contribution is -2.46. The van der Waals surface area contributed by atoms with Gasteiger partial charge in [-0.3, -0.25) is 0 Å². The van der Waals surface area contributed by atoms with Crippen LogP contribution in [0.15, 0.2) is 83.0 Å². The molecule has 1 aliphatic heterocycles. The van der Waals surface area contributed by atoms with Gasteiger partial charge in [0, 0.05) is 17.8 Å². The number of aryl methyl sites for hydroxylation is 2. The number of allylic oxidation sites excluding steroid dienone is 1. The Kier molecular flexibility index (Phi) is 6.65. The highest BCUT2D eigenvalue weighted by molar-refractivity contribution is 7.80. The standard InChI is InChI=1S/C29H27FN4OS/c1-18-12-13-22(16-19(18)2)26-25(28-32-27(33-35-28)23-10-7-11-24(30)17-23)20(3)34(29(36)31-26)15-14-21-8-5-4-6-9-21/h4-13,16-17,26H,14-15H2,1-3H3,(H,31,36). The van der Waals surface area contributed by atoms with Gasteiger partial charge in [-0.2, -0.15) is 4.98 Å². The molecule has 0 saturated carbocycles. The number of hydrogen-bond acceptors (Lipinski definition) is 4. The molecule has 0 radical (unpaired) electrons. The maximum atomic E-state index is 13.8. The van der Waals surface area contributed by atoms with Crippen LogP contribution in [0.3, 0.4) is 0 Å². The van der Waals surface area contributed by atoms with Crippen molar-refractivity contribution in [2.45, 2.75) is 33.2 Å². The Balaban J connectivity index is 1.56. The van der Waals surface area contributed by atoms with Crippen LogP contribution in [0.4, 0.5) is 4.39 Å². The summed E-state index contributed by atoms with van der Waals surface area (Å²) in [4.78, 5) is 6.76. The van der Waals surface area contributed by atoms with Crippen LogP contribution < -0.4 is 5.32 Å². The zero-order chi connectivity index (χ0) is 25.2. The van der Waals surface area contributed by atoms with Crippen LogP contribution >= 0.6 is 12.2 Å². The number of hydrogen-bond donors (Lipinski definition) is 1. The Morgan fingerprint density at radius 2 is 1.78 bits per heavy atom. The summed E-state index contributed by atoms with van der Waals surface area (Å²) in [5.74, 6) is 0.376. The molecule has 5 nitrogen and oxygen atoms in total. The van der Waals surface area contributed by atoms with Crippen LogP contribution in [-0.4, -0.2) is 26.7 Å². The zero-order valence-electron chi connectivity index (χ0n) is 20.5. The van der Waals surface area contributed by atoms with Crippen molar-refractivity contribution in [3.63, 3.8) is 0 Å². The van der Waals surface area contributed by atoms with Crippen LogP contribution in [-0.2, 0) is 6.42 Å². The van der Waals surface area contributed by atoms with Gasteiger partial charge in [0.15, 0.2) is 5.11 Å². The van der Waals surface area contributed by atoms with E-state index in [1.165, 1.54) is 28.8 Å². The lowest BCUT2D eigenvalue weighted by molar-refractivity contribution is 0.397. The second kappa shape index (κ2) is 10.0. The summed E-state index contributed by atoms with van der Waals surface area (Å²) in [6.45, 7) is 6.93. The van der Waals surface area contributed by atoms with Gasteiger partial charge >= 0.3 is 0 Å². The minimum Gasteiger partial charge on any atom is -0.351 e. The molecule has 2 heterocycles. The Hall–Kier alpha value is -3.84. The van der Waals surface area contributed by atoms with E-state index in [9.17, 15) is 4.39 Å². The summed E-state index contributed by atoms with van der Waals surface area (Å²) in [5.41, 5.74) is 7.07. The minimum absolute atomic E-state index is 0.259. The molecule has 1 N–H and O–H groups in total. The molecule has 4 aromatic rings. The van der Waals surface area contributed by atoms with Crippen molar-refractivity contribution in [1.82, 2.24) is 20.4 Å². The molecule has 1 aromatic heterocycles. The molecule has 7 heteroatoms. The predicted molar refractivity (Wildman–Crippen MR) is 144 cm³/mol. The molecular formula is C29H27FN4OS. The highest BCUT2D eigenvalue weighted by Crippen LogP contribution is 2.38. The molecule has 0 fully saturated rings. The number of halogens is 1. The molecule has 36 heavy (non-hydrogen) atoms. The van der Waals surface area contributed by atoms with Gasteiger partial charge in [0.05, 0.1) is 11.6 Å². The van der Waals surface area contributed by atoms with Crippen molar-refractivity contribution >= 4 is 22.9 Å². The fourth-order valence-electron chi connectivity index (χ4n) is 4.49. The second-order valence-corrected chi connectivity index (χ2v) is 9.43. The summed E-state index contributed by atoms with van der Waals surface area (Å²) in [6.07, 6.45) is 0.833. The molecule has 0 saturated heterocycles. The summed E-state index contributed by atoms with van der Waals surface area (Å²) in [5, 5.41) is 8.34.